The van der Waals surface area contributed by atoms with Crippen LogP contribution in [0, 0.1) is 13.8 Å². The molecule has 0 aliphatic carbocycles. The van der Waals surface area contributed by atoms with E-state index in [1.54, 1.807) is 4.90 Å². The molecule has 1 aromatic carbocycles. The summed E-state index contributed by atoms with van der Waals surface area (Å²) in [5, 5.41) is 0. The predicted octanol–water partition coefficient (Wildman–Crippen LogP) is 2.78. The van der Waals surface area contributed by atoms with Crippen LogP contribution in [0.1, 0.15) is 27.3 Å². The van der Waals surface area contributed by atoms with Gasteiger partial charge in [-0.25, -0.2) is 4.79 Å². The molecule has 2 heterocycles. The number of benzene rings is 1. The largest absolute Gasteiger partial charge is 0.445 e. The number of nitrogens with zero attached hydrogens (tertiary/aromatic N) is 3. The summed E-state index contributed by atoms with van der Waals surface area (Å²) in [6.07, 6.45) is -0.292. The minimum Gasteiger partial charge on any atom is -0.445 e. The molecule has 6 heteroatoms. The second-order valence-electron chi connectivity index (χ2n) is 7.07. The highest BCUT2D eigenvalue weighted by Crippen LogP contribution is 2.15. The van der Waals surface area contributed by atoms with Gasteiger partial charge in [-0.05, 0) is 25.5 Å². The van der Waals surface area contributed by atoms with Crippen molar-refractivity contribution in [1.29, 1.82) is 0 Å². The number of carbonyl (C=O) groups is 2. The third-order valence-electron chi connectivity index (χ3n) is 5.28. The first-order chi connectivity index (χ1) is 13.0. The van der Waals surface area contributed by atoms with Crippen LogP contribution in [-0.2, 0) is 18.4 Å². The van der Waals surface area contributed by atoms with Gasteiger partial charge >= 0.3 is 6.09 Å². The number of ether oxygens (including phenoxy) is 1. The monoisotopic (exact) mass is 369 g/mol. The van der Waals surface area contributed by atoms with Gasteiger partial charge in [0.25, 0.3) is 0 Å². The molecule has 6 nitrogen and oxygen atoms in total. The number of Topliss-reactive ketones (excluding diaryl/α,β-unsaturated/α-hetero) is 1. The van der Waals surface area contributed by atoms with Crippen molar-refractivity contribution >= 4 is 11.9 Å². The molecule has 3 rings (SSSR count). The molecule has 0 bridgehead atoms. The van der Waals surface area contributed by atoms with Gasteiger partial charge in [0.15, 0.2) is 5.78 Å². The van der Waals surface area contributed by atoms with Gasteiger partial charge in [-0.1, -0.05) is 30.3 Å². The number of amides is 1. The van der Waals surface area contributed by atoms with Crippen LogP contribution in [0.2, 0.25) is 0 Å². The van der Waals surface area contributed by atoms with Gasteiger partial charge in [0.1, 0.15) is 6.61 Å². The Kier molecular flexibility index (Phi) is 5.96. The minimum absolute atomic E-state index is 0.135. The van der Waals surface area contributed by atoms with Gasteiger partial charge in [0.05, 0.1) is 6.54 Å². The van der Waals surface area contributed by atoms with Crippen LogP contribution in [0.3, 0.4) is 0 Å². The molecule has 0 spiro atoms. The SMILES string of the molecule is Cc1cc(C(=O)CN2CCN(C(=O)OCc3ccccc3)CC2)c(C)n1C. The quantitative estimate of drug-likeness (QED) is 0.761. The van der Waals surface area contributed by atoms with Gasteiger partial charge < -0.3 is 14.2 Å². The zero-order chi connectivity index (χ0) is 19.4. The van der Waals surface area contributed by atoms with Gasteiger partial charge in [-0.2, -0.15) is 0 Å². The molecule has 0 unspecified atom stereocenters. The zero-order valence-electron chi connectivity index (χ0n) is 16.3. The van der Waals surface area contributed by atoms with Crippen LogP contribution in [-0.4, -0.2) is 59.0 Å². The lowest BCUT2D eigenvalue weighted by Crippen LogP contribution is -2.50. The highest BCUT2D eigenvalue weighted by Gasteiger charge is 2.24. The summed E-state index contributed by atoms with van der Waals surface area (Å²) in [6, 6.07) is 11.6. The molecule has 144 valence electrons. The highest BCUT2D eigenvalue weighted by atomic mass is 16.6. The van der Waals surface area contributed by atoms with Crippen LogP contribution in [0.25, 0.3) is 0 Å². The Bertz CT molecular complexity index is 806. The molecule has 1 fully saturated rings. The smallest absolute Gasteiger partial charge is 0.410 e. The van der Waals surface area contributed by atoms with Crippen molar-refractivity contribution in [3.8, 4) is 0 Å². The Morgan fingerprint density at radius 3 is 2.30 bits per heavy atom. The van der Waals surface area contributed by atoms with Gasteiger partial charge in [0.2, 0.25) is 0 Å². The van der Waals surface area contributed by atoms with E-state index in [4.69, 9.17) is 4.74 Å². The lowest BCUT2D eigenvalue weighted by atomic mass is 10.1. The molecule has 1 aromatic heterocycles. The maximum absolute atomic E-state index is 12.6. The van der Waals surface area contributed by atoms with Crippen LogP contribution < -0.4 is 0 Å². The van der Waals surface area contributed by atoms with Crippen molar-refractivity contribution in [3.63, 3.8) is 0 Å². The van der Waals surface area contributed by atoms with Crippen LogP contribution in [0.5, 0.6) is 0 Å². The van der Waals surface area contributed by atoms with Crippen LogP contribution >= 0.6 is 0 Å². The van der Waals surface area contributed by atoms with Crippen molar-refractivity contribution < 1.29 is 14.3 Å². The Hall–Kier alpha value is -2.60. The summed E-state index contributed by atoms with van der Waals surface area (Å²) in [5.41, 5.74) is 3.85. The van der Waals surface area contributed by atoms with Crippen molar-refractivity contribution in [3.05, 3.63) is 58.9 Å². The third-order valence-corrected chi connectivity index (χ3v) is 5.28. The van der Waals surface area contributed by atoms with Gasteiger partial charge in [0, 0.05) is 50.2 Å². The molecule has 1 saturated heterocycles. The van der Waals surface area contributed by atoms with E-state index >= 15 is 0 Å². The average Bonchev–Trinajstić information content (AvgIpc) is 2.95. The summed E-state index contributed by atoms with van der Waals surface area (Å²) < 4.78 is 7.42. The number of ketones is 1. The summed E-state index contributed by atoms with van der Waals surface area (Å²) in [4.78, 5) is 28.6. The van der Waals surface area contributed by atoms with E-state index in [1.807, 2.05) is 61.9 Å². The molecule has 2 aromatic rings. The number of aryl methyl sites for hydroxylation is 1. The fourth-order valence-electron chi connectivity index (χ4n) is 3.33. The van der Waals surface area contributed by atoms with Crippen molar-refractivity contribution in [2.24, 2.45) is 7.05 Å². The summed E-state index contributed by atoms with van der Waals surface area (Å²) in [6.45, 7) is 7.15. The van der Waals surface area contributed by atoms with Crippen molar-refractivity contribution in [1.82, 2.24) is 14.4 Å². The summed E-state index contributed by atoms with van der Waals surface area (Å²) in [5.74, 6) is 0.135. The highest BCUT2D eigenvalue weighted by molar-refractivity contribution is 5.99. The van der Waals surface area contributed by atoms with Gasteiger partial charge in [-0.3, -0.25) is 9.69 Å². The maximum Gasteiger partial charge on any atom is 0.410 e. The Labute approximate surface area is 160 Å². The lowest BCUT2D eigenvalue weighted by Gasteiger charge is -2.33. The van der Waals surface area contributed by atoms with Crippen LogP contribution in [0.4, 0.5) is 4.79 Å². The fourth-order valence-corrected chi connectivity index (χ4v) is 3.33. The van der Waals surface area contributed by atoms with Crippen molar-refractivity contribution in [2.45, 2.75) is 20.5 Å². The summed E-state index contributed by atoms with van der Waals surface area (Å²) >= 11 is 0. The first-order valence-electron chi connectivity index (χ1n) is 9.30. The summed E-state index contributed by atoms with van der Waals surface area (Å²) in [7, 11) is 1.97. The number of hydrogen-bond acceptors (Lipinski definition) is 4. The van der Waals surface area contributed by atoms with E-state index in [0.717, 1.165) is 22.5 Å². The molecular formula is C21H27N3O3. The predicted molar refractivity (Wildman–Crippen MR) is 104 cm³/mol. The maximum atomic E-state index is 12.6. The normalized spacial score (nSPS) is 15.0. The van der Waals surface area contributed by atoms with Crippen LogP contribution in [0.15, 0.2) is 36.4 Å². The molecule has 0 radical (unpaired) electrons. The van der Waals surface area contributed by atoms with E-state index in [2.05, 4.69) is 4.90 Å². The average molecular weight is 369 g/mol. The van der Waals surface area contributed by atoms with E-state index in [-0.39, 0.29) is 18.5 Å². The van der Waals surface area contributed by atoms with E-state index in [1.165, 1.54) is 0 Å². The minimum atomic E-state index is -0.292. The van der Waals surface area contributed by atoms with Crippen molar-refractivity contribution in [2.75, 3.05) is 32.7 Å². The Morgan fingerprint density at radius 2 is 1.70 bits per heavy atom. The first kappa shape index (κ1) is 19.2. The lowest BCUT2D eigenvalue weighted by molar-refractivity contribution is 0.0678. The Balaban J connectivity index is 1.46. The molecule has 27 heavy (non-hydrogen) atoms. The third kappa shape index (κ3) is 4.57. The molecule has 1 aliphatic rings. The Morgan fingerprint density at radius 1 is 1.04 bits per heavy atom. The molecule has 1 amide bonds. The van der Waals surface area contributed by atoms with E-state index < -0.39 is 0 Å². The molecule has 0 atom stereocenters. The molecule has 1 aliphatic heterocycles. The second-order valence-corrected chi connectivity index (χ2v) is 7.07. The number of hydrogen-bond donors (Lipinski definition) is 0. The number of rotatable bonds is 5. The van der Waals surface area contributed by atoms with Gasteiger partial charge in [-0.15, -0.1) is 0 Å². The number of carbonyl (C=O) groups excluding carboxylic acids is 2. The second kappa shape index (κ2) is 8.39. The number of piperazine rings is 1. The zero-order valence-corrected chi connectivity index (χ0v) is 16.3. The topological polar surface area (TPSA) is 54.8 Å². The fraction of sp³-hybridized carbons (Fsp3) is 0.429. The van der Waals surface area contributed by atoms with E-state index in [0.29, 0.717) is 32.7 Å². The first-order valence-corrected chi connectivity index (χ1v) is 9.30. The molecule has 0 saturated carbocycles. The van der Waals surface area contributed by atoms with E-state index in [9.17, 15) is 9.59 Å². The molecular weight excluding hydrogens is 342 g/mol. The molecule has 0 N–H and O–H groups in total. The number of aromatic nitrogens is 1. The standard InChI is InChI=1S/C21H27N3O3/c1-16-13-19(17(2)22(16)3)20(25)14-23-9-11-24(12-10-23)21(26)27-15-18-7-5-4-6-8-18/h4-8,13H,9-12,14-15H2,1-3H3.